The maximum absolute atomic E-state index is 12.7. The van der Waals surface area contributed by atoms with Crippen LogP contribution < -0.4 is 5.32 Å². The van der Waals surface area contributed by atoms with Crippen molar-refractivity contribution < 1.29 is 4.79 Å². The second-order valence-corrected chi connectivity index (χ2v) is 8.27. The lowest BCUT2D eigenvalue weighted by molar-refractivity contribution is -0.130. The second kappa shape index (κ2) is 8.30. The first kappa shape index (κ1) is 19.2. The minimum Gasteiger partial charge on any atom is -0.340 e. The maximum atomic E-state index is 12.7. The predicted molar refractivity (Wildman–Crippen MR) is 100 cm³/mol. The number of carbonyl (C=O) groups excluding carboxylic acids is 1. The molecule has 3 unspecified atom stereocenters. The van der Waals surface area contributed by atoms with Gasteiger partial charge >= 0.3 is 0 Å². The third kappa shape index (κ3) is 4.70. The van der Waals surface area contributed by atoms with Gasteiger partial charge in [-0.1, -0.05) is 23.2 Å². The molecule has 128 valence electrons. The summed E-state index contributed by atoms with van der Waals surface area (Å²) in [6.45, 7) is 3.62. The van der Waals surface area contributed by atoms with Crippen molar-refractivity contribution in [3.8, 4) is 0 Å². The summed E-state index contributed by atoms with van der Waals surface area (Å²) in [5.74, 6) is 0.190. The van der Waals surface area contributed by atoms with Crippen LogP contribution in [-0.4, -0.2) is 41.2 Å². The zero-order chi connectivity index (χ0) is 15.7. The number of hydrogen-bond donors (Lipinski definition) is 1. The first-order chi connectivity index (χ1) is 10.5. The molecule has 2 bridgehead atoms. The van der Waals surface area contributed by atoms with Crippen molar-refractivity contribution in [3.05, 3.63) is 28.2 Å². The summed E-state index contributed by atoms with van der Waals surface area (Å²) in [4.78, 5) is 15.6. The number of halogens is 3. The molecule has 2 saturated heterocycles. The van der Waals surface area contributed by atoms with Crippen molar-refractivity contribution in [2.45, 2.75) is 48.4 Å². The molecule has 2 fully saturated rings. The smallest absolute Gasteiger partial charge is 0.235 e. The van der Waals surface area contributed by atoms with Gasteiger partial charge in [0.15, 0.2) is 0 Å². The van der Waals surface area contributed by atoms with Gasteiger partial charge in [-0.05, 0) is 44.4 Å². The average Bonchev–Trinajstić information content (AvgIpc) is 2.81. The highest BCUT2D eigenvalue weighted by Crippen LogP contribution is 2.33. The molecule has 0 spiro atoms. The van der Waals surface area contributed by atoms with E-state index in [1.54, 1.807) is 12.1 Å². The van der Waals surface area contributed by atoms with Crippen LogP contribution in [0.3, 0.4) is 0 Å². The number of benzene rings is 1. The van der Waals surface area contributed by atoms with Crippen LogP contribution in [0.4, 0.5) is 0 Å². The largest absolute Gasteiger partial charge is 0.340 e. The molecular weight excluding hydrogens is 375 g/mol. The Bertz CT molecular complexity index is 572. The van der Waals surface area contributed by atoms with E-state index in [1.807, 2.05) is 17.9 Å². The topological polar surface area (TPSA) is 32.3 Å². The van der Waals surface area contributed by atoms with Crippen molar-refractivity contribution in [3.63, 3.8) is 0 Å². The number of hydrogen-bond acceptors (Lipinski definition) is 3. The monoisotopic (exact) mass is 394 g/mol. The molecule has 1 amide bonds. The van der Waals surface area contributed by atoms with E-state index in [0.717, 1.165) is 24.4 Å². The summed E-state index contributed by atoms with van der Waals surface area (Å²) in [5.41, 5.74) is 0. The lowest BCUT2D eigenvalue weighted by Crippen LogP contribution is -2.42. The van der Waals surface area contributed by atoms with E-state index >= 15 is 0 Å². The van der Waals surface area contributed by atoms with Crippen LogP contribution in [0.5, 0.6) is 0 Å². The molecule has 0 radical (unpaired) electrons. The highest BCUT2D eigenvalue weighted by molar-refractivity contribution is 8.00. The predicted octanol–water partition coefficient (Wildman–Crippen LogP) is 4.25. The van der Waals surface area contributed by atoms with E-state index < -0.39 is 0 Å². The highest BCUT2D eigenvalue weighted by Gasteiger charge is 2.32. The van der Waals surface area contributed by atoms with E-state index in [1.165, 1.54) is 24.6 Å². The van der Waals surface area contributed by atoms with Crippen LogP contribution in [0.25, 0.3) is 0 Å². The fraction of sp³-hybridized carbons (Fsp3) is 0.562. The van der Waals surface area contributed by atoms with Gasteiger partial charge in [-0.15, -0.1) is 24.2 Å². The van der Waals surface area contributed by atoms with Gasteiger partial charge in [0, 0.05) is 35.1 Å². The summed E-state index contributed by atoms with van der Waals surface area (Å²) in [7, 11) is 0. The quantitative estimate of drug-likeness (QED) is 0.777. The summed E-state index contributed by atoms with van der Waals surface area (Å²) >= 11 is 13.7. The van der Waals surface area contributed by atoms with Gasteiger partial charge in [-0.2, -0.15) is 0 Å². The van der Waals surface area contributed by atoms with E-state index in [4.69, 9.17) is 23.2 Å². The molecule has 23 heavy (non-hydrogen) atoms. The molecule has 1 aromatic rings. The standard InChI is InChI=1S/C16H20Cl2N2OS.ClH/c1-10(22-15-8-11(17)2-5-14(15)18)16(21)20-7-6-12-3-4-13(9-20)19-12;/h2,5,8,10,12-13,19H,3-4,6-7,9H2,1H3;1H. The summed E-state index contributed by atoms with van der Waals surface area (Å²) in [5, 5.41) is 4.73. The number of nitrogens with zero attached hydrogens (tertiary/aromatic N) is 1. The fourth-order valence-electron chi connectivity index (χ4n) is 3.21. The lowest BCUT2D eigenvalue weighted by atomic mass is 10.1. The molecule has 2 aliphatic heterocycles. The van der Waals surface area contributed by atoms with E-state index in [9.17, 15) is 4.79 Å². The number of rotatable bonds is 3. The van der Waals surface area contributed by atoms with E-state index in [2.05, 4.69) is 5.32 Å². The van der Waals surface area contributed by atoms with Crippen LogP contribution in [-0.2, 0) is 4.79 Å². The summed E-state index contributed by atoms with van der Waals surface area (Å²) in [6.07, 6.45) is 3.47. The molecular formula is C16H21Cl3N2OS. The number of carbonyl (C=O) groups is 1. The van der Waals surface area contributed by atoms with Crippen molar-refractivity contribution in [1.29, 1.82) is 0 Å². The molecule has 3 atom stereocenters. The van der Waals surface area contributed by atoms with Crippen molar-refractivity contribution in [2.75, 3.05) is 13.1 Å². The van der Waals surface area contributed by atoms with E-state index in [0.29, 0.717) is 22.1 Å². The van der Waals surface area contributed by atoms with Crippen LogP contribution in [0.15, 0.2) is 23.1 Å². The molecule has 2 heterocycles. The Hall–Kier alpha value is -0.130. The van der Waals surface area contributed by atoms with Gasteiger partial charge in [-0.25, -0.2) is 0 Å². The lowest BCUT2D eigenvalue weighted by Gasteiger charge is -2.27. The number of likely N-dealkylation sites (tertiary alicyclic amines) is 1. The van der Waals surface area contributed by atoms with Crippen LogP contribution in [0.1, 0.15) is 26.2 Å². The average molecular weight is 396 g/mol. The summed E-state index contributed by atoms with van der Waals surface area (Å²) < 4.78 is 0. The normalized spacial score (nSPS) is 24.7. The minimum atomic E-state index is -0.160. The second-order valence-electron chi connectivity index (χ2n) is 6.05. The zero-order valence-corrected chi connectivity index (χ0v) is 16.1. The van der Waals surface area contributed by atoms with E-state index in [-0.39, 0.29) is 23.6 Å². The third-order valence-corrected chi connectivity index (χ3v) is 6.20. The van der Waals surface area contributed by atoms with Gasteiger partial charge in [0.25, 0.3) is 0 Å². The molecule has 0 aromatic heterocycles. The number of fused-ring (bicyclic) bond motifs is 2. The zero-order valence-electron chi connectivity index (χ0n) is 12.9. The molecule has 7 heteroatoms. The van der Waals surface area contributed by atoms with Crippen molar-refractivity contribution in [2.24, 2.45) is 0 Å². The molecule has 0 saturated carbocycles. The third-order valence-electron chi connectivity index (χ3n) is 4.38. The number of thioether (sulfide) groups is 1. The summed E-state index contributed by atoms with van der Waals surface area (Å²) in [6, 6.07) is 6.41. The molecule has 3 rings (SSSR count). The first-order valence-corrected chi connectivity index (χ1v) is 9.33. The maximum Gasteiger partial charge on any atom is 0.235 e. The Morgan fingerprint density at radius 2 is 2.04 bits per heavy atom. The van der Waals surface area contributed by atoms with Crippen LogP contribution >= 0.6 is 47.4 Å². The Kier molecular flexibility index (Phi) is 6.93. The Morgan fingerprint density at radius 3 is 2.83 bits per heavy atom. The van der Waals surface area contributed by atoms with Crippen LogP contribution in [0, 0.1) is 0 Å². The Balaban J connectivity index is 0.00000192. The molecule has 3 nitrogen and oxygen atoms in total. The highest BCUT2D eigenvalue weighted by atomic mass is 35.5. The fourth-order valence-corrected chi connectivity index (χ4v) is 4.70. The van der Waals surface area contributed by atoms with Crippen LogP contribution in [0.2, 0.25) is 10.0 Å². The van der Waals surface area contributed by atoms with Crippen molar-refractivity contribution in [1.82, 2.24) is 10.2 Å². The molecule has 1 N–H and O–H groups in total. The van der Waals surface area contributed by atoms with Gasteiger partial charge in [0.05, 0.1) is 10.3 Å². The molecule has 2 aliphatic rings. The molecule has 1 aromatic carbocycles. The van der Waals surface area contributed by atoms with Gasteiger partial charge < -0.3 is 10.2 Å². The van der Waals surface area contributed by atoms with Crippen molar-refractivity contribution >= 4 is 53.3 Å². The Morgan fingerprint density at radius 1 is 1.30 bits per heavy atom. The van der Waals surface area contributed by atoms with Gasteiger partial charge in [-0.3, -0.25) is 4.79 Å². The van der Waals surface area contributed by atoms with Gasteiger partial charge in [0.2, 0.25) is 5.91 Å². The number of nitrogens with one attached hydrogen (secondary N) is 1. The molecule has 0 aliphatic carbocycles. The Labute approximate surface area is 157 Å². The number of amides is 1. The first-order valence-electron chi connectivity index (χ1n) is 7.69. The SMILES string of the molecule is CC(Sc1cc(Cl)ccc1Cl)C(=O)N1CCC2CCC(C1)N2.Cl. The van der Waals surface area contributed by atoms with Gasteiger partial charge in [0.1, 0.15) is 0 Å². The minimum absolute atomic E-state index is 0.